The van der Waals surface area contributed by atoms with E-state index in [2.05, 4.69) is 40.2 Å². The van der Waals surface area contributed by atoms with Crippen LogP contribution in [0.15, 0.2) is 24.3 Å². The zero-order valence-corrected chi connectivity index (χ0v) is 10.7. The van der Waals surface area contributed by atoms with E-state index in [1.54, 1.807) is 0 Å². The van der Waals surface area contributed by atoms with Gasteiger partial charge in [0.1, 0.15) is 5.01 Å². The topological polar surface area (TPSA) is 29.0 Å². The highest BCUT2D eigenvalue weighted by molar-refractivity contribution is 7.15. The first kappa shape index (κ1) is 11.4. The fourth-order valence-electron chi connectivity index (χ4n) is 1.46. The molecule has 2 rings (SSSR count). The maximum atomic E-state index is 5.74. The molecule has 0 atom stereocenters. The summed E-state index contributed by atoms with van der Waals surface area (Å²) in [4.78, 5) is 2.13. The number of rotatable bonds is 3. The third-order valence-electron chi connectivity index (χ3n) is 2.26. The molecule has 0 aliphatic rings. The lowest BCUT2D eigenvalue weighted by Gasteiger charge is -2.17. The molecule has 0 saturated heterocycles. The summed E-state index contributed by atoms with van der Waals surface area (Å²) in [7, 11) is 2.03. The number of benzene rings is 1. The van der Waals surface area contributed by atoms with Gasteiger partial charge in [-0.2, -0.15) is 0 Å². The number of halogens is 1. The molecule has 0 fully saturated rings. The van der Waals surface area contributed by atoms with Gasteiger partial charge in [-0.15, -0.1) is 10.2 Å². The average molecular weight is 254 g/mol. The second-order valence-electron chi connectivity index (χ2n) is 3.64. The fourth-order valence-corrected chi connectivity index (χ4v) is 2.38. The normalized spacial score (nSPS) is 10.4. The molecule has 16 heavy (non-hydrogen) atoms. The Hall–Kier alpha value is -1.13. The summed E-state index contributed by atoms with van der Waals surface area (Å²) in [5.74, 6) is 0. The van der Waals surface area contributed by atoms with Crippen molar-refractivity contribution in [2.75, 3.05) is 11.9 Å². The Labute approximate surface area is 104 Å². The molecule has 0 saturated carbocycles. The number of hydrogen-bond acceptors (Lipinski definition) is 4. The summed E-state index contributed by atoms with van der Waals surface area (Å²) < 4.78 is 0.493. The van der Waals surface area contributed by atoms with Crippen LogP contribution in [0.3, 0.4) is 0 Å². The Bertz CT molecular complexity index is 484. The zero-order chi connectivity index (χ0) is 11.5. The Morgan fingerprint density at radius 1 is 1.38 bits per heavy atom. The van der Waals surface area contributed by atoms with Crippen molar-refractivity contribution in [1.29, 1.82) is 0 Å². The minimum Gasteiger partial charge on any atom is -0.368 e. The zero-order valence-electron chi connectivity index (χ0n) is 9.14. The van der Waals surface area contributed by atoms with Gasteiger partial charge in [-0.3, -0.25) is 0 Å². The van der Waals surface area contributed by atoms with Crippen molar-refractivity contribution in [3.63, 3.8) is 0 Å². The van der Waals surface area contributed by atoms with Crippen molar-refractivity contribution in [3.05, 3.63) is 39.3 Å². The average Bonchev–Trinajstić information content (AvgIpc) is 2.64. The summed E-state index contributed by atoms with van der Waals surface area (Å²) >= 11 is 7.16. The molecule has 0 aliphatic carbocycles. The number of anilines is 1. The standard InChI is InChI=1S/C11H12ClN3S/c1-8-4-3-5-9(6-8)15(2)7-10-13-14-11(12)16-10/h3-6H,7H2,1-2H3. The molecule has 2 aromatic rings. The van der Waals surface area contributed by atoms with Crippen LogP contribution in [0.25, 0.3) is 0 Å². The van der Waals surface area contributed by atoms with Gasteiger partial charge in [0.25, 0.3) is 0 Å². The number of nitrogens with zero attached hydrogens (tertiary/aromatic N) is 3. The molecule has 1 aromatic heterocycles. The van der Waals surface area contributed by atoms with Crippen LogP contribution >= 0.6 is 22.9 Å². The first-order valence-corrected chi connectivity index (χ1v) is 6.10. The van der Waals surface area contributed by atoms with Crippen LogP contribution in [-0.2, 0) is 6.54 Å². The van der Waals surface area contributed by atoms with E-state index in [1.165, 1.54) is 22.6 Å². The Kier molecular flexibility index (Phi) is 3.41. The molecule has 0 bridgehead atoms. The Morgan fingerprint density at radius 3 is 2.81 bits per heavy atom. The number of aryl methyl sites for hydroxylation is 1. The van der Waals surface area contributed by atoms with Crippen molar-refractivity contribution in [2.24, 2.45) is 0 Å². The molecule has 0 radical (unpaired) electrons. The monoisotopic (exact) mass is 253 g/mol. The SMILES string of the molecule is Cc1cccc(N(C)Cc2nnc(Cl)s2)c1. The van der Waals surface area contributed by atoms with Gasteiger partial charge >= 0.3 is 0 Å². The largest absolute Gasteiger partial charge is 0.368 e. The third kappa shape index (κ3) is 2.71. The van der Waals surface area contributed by atoms with Gasteiger partial charge in [0.15, 0.2) is 0 Å². The van der Waals surface area contributed by atoms with Gasteiger partial charge < -0.3 is 4.90 Å². The van der Waals surface area contributed by atoms with E-state index in [9.17, 15) is 0 Å². The van der Waals surface area contributed by atoms with Crippen molar-refractivity contribution in [2.45, 2.75) is 13.5 Å². The lowest BCUT2D eigenvalue weighted by Crippen LogP contribution is -2.16. The lowest BCUT2D eigenvalue weighted by atomic mass is 10.2. The van der Waals surface area contributed by atoms with E-state index in [1.807, 2.05) is 13.1 Å². The van der Waals surface area contributed by atoms with Crippen molar-refractivity contribution in [1.82, 2.24) is 10.2 Å². The van der Waals surface area contributed by atoms with Crippen LogP contribution in [0.4, 0.5) is 5.69 Å². The quantitative estimate of drug-likeness (QED) is 0.842. The first-order chi connectivity index (χ1) is 7.65. The summed E-state index contributed by atoms with van der Waals surface area (Å²) in [6, 6.07) is 8.35. The predicted molar refractivity (Wildman–Crippen MR) is 68.2 cm³/mol. The second kappa shape index (κ2) is 4.80. The van der Waals surface area contributed by atoms with Crippen LogP contribution < -0.4 is 4.90 Å². The molecule has 0 spiro atoms. The molecule has 0 aliphatic heterocycles. The molecule has 0 unspecified atom stereocenters. The number of aromatic nitrogens is 2. The molecular weight excluding hydrogens is 242 g/mol. The minimum absolute atomic E-state index is 0.493. The number of hydrogen-bond donors (Lipinski definition) is 0. The third-order valence-corrected chi connectivity index (χ3v) is 3.26. The lowest BCUT2D eigenvalue weighted by molar-refractivity contribution is 0.880. The highest BCUT2D eigenvalue weighted by Crippen LogP contribution is 2.20. The molecule has 84 valence electrons. The van der Waals surface area contributed by atoms with E-state index in [0.717, 1.165) is 11.6 Å². The summed E-state index contributed by atoms with van der Waals surface area (Å²) in [5.41, 5.74) is 2.42. The van der Waals surface area contributed by atoms with E-state index in [4.69, 9.17) is 11.6 Å². The fraction of sp³-hybridized carbons (Fsp3) is 0.273. The molecular formula is C11H12ClN3S. The van der Waals surface area contributed by atoms with Crippen LogP contribution in [0.5, 0.6) is 0 Å². The smallest absolute Gasteiger partial charge is 0.207 e. The minimum atomic E-state index is 0.493. The second-order valence-corrected chi connectivity index (χ2v) is 5.29. The van der Waals surface area contributed by atoms with Crippen LogP contribution in [0.2, 0.25) is 4.47 Å². The Morgan fingerprint density at radius 2 is 2.19 bits per heavy atom. The maximum absolute atomic E-state index is 5.74. The van der Waals surface area contributed by atoms with E-state index in [-0.39, 0.29) is 0 Å². The van der Waals surface area contributed by atoms with Gasteiger partial charge in [-0.05, 0) is 36.2 Å². The summed E-state index contributed by atoms with van der Waals surface area (Å²) in [5, 5.41) is 8.71. The van der Waals surface area contributed by atoms with Gasteiger partial charge in [0, 0.05) is 12.7 Å². The molecule has 5 heteroatoms. The van der Waals surface area contributed by atoms with E-state index in [0.29, 0.717) is 4.47 Å². The molecule has 1 aromatic carbocycles. The van der Waals surface area contributed by atoms with E-state index >= 15 is 0 Å². The van der Waals surface area contributed by atoms with Gasteiger partial charge in [0.2, 0.25) is 4.47 Å². The van der Waals surface area contributed by atoms with Crippen LogP contribution in [-0.4, -0.2) is 17.2 Å². The summed E-state index contributed by atoms with van der Waals surface area (Å²) in [6.07, 6.45) is 0. The highest BCUT2D eigenvalue weighted by Gasteiger charge is 2.06. The van der Waals surface area contributed by atoms with Crippen molar-refractivity contribution < 1.29 is 0 Å². The van der Waals surface area contributed by atoms with Crippen LogP contribution in [0, 0.1) is 6.92 Å². The first-order valence-electron chi connectivity index (χ1n) is 4.91. The van der Waals surface area contributed by atoms with Crippen molar-refractivity contribution in [3.8, 4) is 0 Å². The van der Waals surface area contributed by atoms with Gasteiger partial charge in [-0.25, -0.2) is 0 Å². The maximum Gasteiger partial charge on any atom is 0.207 e. The van der Waals surface area contributed by atoms with E-state index < -0.39 is 0 Å². The van der Waals surface area contributed by atoms with Gasteiger partial charge in [0.05, 0.1) is 6.54 Å². The van der Waals surface area contributed by atoms with Gasteiger partial charge in [-0.1, -0.05) is 23.5 Å². The highest BCUT2D eigenvalue weighted by atomic mass is 35.5. The predicted octanol–water partition coefficient (Wildman–Crippen LogP) is 3.14. The molecule has 0 N–H and O–H groups in total. The summed E-state index contributed by atoms with van der Waals surface area (Å²) in [6.45, 7) is 2.81. The Balaban J connectivity index is 2.11. The van der Waals surface area contributed by atoms with Crippen molar-refractivity contribution >= 4 is 28.6 Å². The molecule has 0 amide bonds. The van der Waals surface area contributed by atoms with Crippen LogP contribution in [0.1, 0.15) is 10.6 Å². The molecule has 1 heterocycles. The molecule has 3 nitrogen and oxygen atoms in total.